The monoisotopic (exact) mass is 610 g/mol. The molecule has 4 amide bonds. The van der Waals surface area contributed by atoms with E-state index in [0.717, 1.165) is 34.1 Å². The Morgan fingerprint density at radius 1 is 0.595 bits per heavy atom. The fraction of sp³-hybridized carbons (Fsp3) is 0.154. The summed E-state index contributed by atoms with van der Waals surface area (Å²) in [5, 5.41) is 21.0. The fourth-order valence-electron chi connectivity index (χ4n) is 3.05. The van der Waals surface area contributed by atoms with Gasteiger partial charge in [0.15, 0.2) is 0 Å². The third-order valence-corrected chi connectivity index (χ3v) is 7.70. The molecule has 0 aliphatic carbocycles. The number of anilines is 2. The Bertz CT molecular complexity index is 1120. The third kappa shape index (κ3) is 7.97. The maximum absolute atomic E-state index is 11.3. The van der Waals surface area contributed by atoms with Crippen LogP contribution in [0.15, 0.2) is 72.8 Å². The normalized spacial score (nSPS) is 13.6. The van der Waals surface area contributed by atoms with Gasteiger partial charge >= 0.3 is 43.9 Å². The second kappa shape index (κ2) is 13.9. The van der Waals surface area contributed by atoms with Crippen LogP contribution in [-0.2, 0) is 19.2 Å². The Balaban J connectivity index is 0.000000221. The van der Waals surface area contributed by atoms with Crippen LogP contribution in [0, 0.1) is 0 Å². The van der Waals surface area contributed by atoms with Crippen LogP contribution >= 0.6 is 0 Å². The molecule has 0 saturated heterocycles. The molecule has 0 aromatic heterocycles. The fourth-order valence-corrected chi connectivity index (χ4v) is 4.48. The number of carbonyl (C=O) groups is 6. The molecule has 2 heterocycles. The van der Waals surface area contributed by atoms with Crippen molar-refractivity contribution in [2.45, 2.75) is 22.7 Å². The number of carboxylic acid groups (broad SMARTS) is 2. The first kappa shape index (κ1) is 29.2. The van der Waals surface area contributed by atoms with Gasteiger partial charge in [-0.25, -0.2) is 9.80 Å². The molecule has 37 heavy (non-hydrogen) atoms. The zero-order valence-electron chi connectivity index (χ0n) is 20.0. The Hall–Kier alpha value is -4.06. The van der Waals surface area contributed by atoms with E-state index < -0.39 is 35.6 Å². The van der Waals surface area contributed by atoms with E-state index in [-0.39, 0.29) is 32.3 Å². The molecule has 188 valence electrons. The number of nitrogens with zero attached hydrogens (tertiary/aromatic N) is 2. The van der Waals surface area contributed by atoms with Crippen LogP contribution in [-0.4, -0.2) is 56.7 Å². The van der Waals surface area contributed by atoms with Gasteiger partial charge < -0.3 is 19.8 Å². The van der Waals surface area contributed by atoms with Crippen LogP contribution in [0.5, 0.6) is 0 Å². The quantitative estimate of drug-likeness (QED) is 0.340. The van der Waals surface area contributed by atoms with Crippen molar-refractivity contribution < 1.29 is 39.0 Å². The zero-order valence-corrected chi connectivity index (χ0v) is 22.9. The molecular formula is C26H22N2O8Sn. The molecule has 0 spiro atoms. The van der Waals surface area contributed by atoms with E-state index in [4.69, 9.17) is 0 Å². The van der Waals surface area contributed by atoms with Crippen molar-refractivity contribution in [3.63, 3.8) is 0 Å². The van der Waals surface area contributed by atoms with E-state index in [2.05, 4.69) is 13.8 Å². The van der Waals surface area contributed by atoms with Gasteiger partial charge in [0.2, 0.25) is 0 Å². The molecule has 2 aromatic carbocycles. The van der Waals surface area contributed by atoms with Crippen molar-refractivity contribution in [1.29, 1.82) is 0 Å². The summed E-state index contributed by atoms with van der Waals surface area (Å²) in [6, 6.07) is 10.7. The molecule has 0 fully saturated rings. The molecule has 0 saturated carbocycles. The standard InChI is InChI=1S/2C11H7NO4.2C2H5.Sn/c2*13-9-5-6-10(14)12(9)8-3-1-7(2-4-8)11(15)16;2*1-2;/h2*1-6H,(H,15,16);2*1H2,2H3;/q;;;;+2/p-2. The van der Waals surface area contributed by atoms with Crippen molar-refractivity contribution in [2.24, 2.45) is 0 Å². The van der Waals surface area contributed by atoms with Crippen LogP contribution in [0.25, 0.3) is 0 Å². The second-order valence-electron chi connectivity index (χ2n) is 7.32. The van der Waals surface area contributed by atoms with Gasteiger partial charge in [-0.1, -0.05) is 24.3 Å². The molecule has 2 aliphatic heterocycles. The SMILES string of the molecule is C[CH2][Sn+2][CH2]C.O=C([O-])c1ccc(N2C(=O)C=CC2=O)cc1.O=C([O-])c1ccc(N2C(=O)C=CC2=O)cc1. The Morgan fingerprint density at radius 2 is 0.865 bits per heavy atom. The molecule has 10 nitrogen and oxygen atoms in total. The van der Waals surface area contributed by atoms with E-state index in [9.17, 15) is 39.0 Å². The first-order chi connectivity index (χ1) is 17.6. The van der Waals surface area contributed by atoms with Crippen molar-refractivity contribution in [3.05, 3.63) is 84.0 Å². The molecule has 0 radical (unpaired) electrons. The number of imide groups is 2. The number of hydrogen-bond donors (Lipinski definition) is 0. The van der Waals surface area contributed by atoms with Crippen LogP contribution < -0.4 is 20.0 Å². The van der Waals surface area contributed by atoms with E-state index >= 15 is 0 Å². The third-order valence-electron chi connectivity index (χ3n) is 4.84. The van der Waals surface area contributed by atoms with Gasteiger partial charge in [-0.3, -0.25) is 19.2 Å². The molecule has 0 N–H and O–H groups in total. The largest absolute Gasteiger partial charge is 0.545 e. The number of carbonyl (C=O) groups excluding carboxylic acids is 6. The topological polar surface area (TPSA) is 155 Å². The summed E-state index contributed by atoms with van der Waals surface area (Å²) in [5.74, 6) is -4.36. The molecule has 2 aliphatic rings. The maximum Gasteiger partial charge on any atom is 0.258 e. The summed E-state index contributed by atoms with van der Waals surface area (Å²) in [4.78, 5) is 68.1. The molecule has 2 aromatic rings. The Labute approximate surface area is 223 Å². The van der Waals surface area contributed by atoms with Gasteiger partial charge in [-0.15, -0.1) is 0 Å². The van der Waals surface area contributed by atoms with Gasteiger partial charge in [0, 0.05) is 24.3 Å². The smallest absolute Gasteiger partial charge is 0.258 e. The average molecular weight is 609 g/mol. The Kier molecular flexibility index (Phi) is 10.9. The molecule has 0 unspecified atom stereocenters. The average Bonchev–Trinajstić information content (AvgIpc) is 3.40. The van der Waals surface area contributed by atoms with Crippen LogP contribution in [0.4, 0.5) is 11.4 Å². The Morgan fingerprint density at radius 3 is 1.05 bits per heavy atom. The van der Waals surface area contributed by atoms with Gasteiger partial charge in [0.05, 0.1) is 23.3 Å². The summed E-state index contributed by atoms with van der Waals surface area (Å²) >= 11 is 0.218. The molecule has 4 rings (SSSR count). The van der Waals surface area contributed by atoms with E-state index in [0.29, 0.717) is 11.4 Å². The van der Waals surface area contributed by atoms with Gasteiger partial charge in [-0.05, 0) is 35.4 Å². The summed E-state index contributed by atoms with van der Waals surface area (Å²) in [6.45, 7) is 4.57. The minimum atomic E-state index is -1.30. The van der Waals surface area contributed by atoms with Crippen molar-refractivity contribution >= 4 is 68.1 Å². The number of aromatic carboxylic acids is 2. The summed E-state index contributed by atoms with van der Waals surface area (Å²) in [6.07, 6.45) is 4.65. The van der Waals surface area contributed by atoms with Gasteiger partial charge in [0.25, 0.3) is 23.6 Å². The van der Waals surface area contributed by atoms with E-state index in [1.807, 2.05) is 0 Å². The summed E-state index contributed by atoms with van der Waals surface area (Å²) in [5.41, 5.74) is 0.668. The predicted molar refractivity (Wildman–Crippen MR) is 132 cm³/mol. The van der Waals surface area contributed by atoms with Crippen LogP contribution in [0.2, 0.25) is 8.87 Å². The van der Waals surface area contributed by atoms with Gasteiger partial charge in [0.1, 0.15) is 0 Å². The summed E-state index contributed by atoms with van der Waals surface area (Å²) in [7, 11) is 0. The minimum absolute atomic E-state index is 0.00389. The van der Waals surface area contributed by atoms with Gasteiger partial charge in [-0.2, -0.15) is 0 Å². The van der Waals surface area contributed by atoms with E-state index in [1.165, 1.54) is 57.4 Å². The van der Waals surface area contributed by atoms with Crippen LogP contribution in [0.3, 0.4) is 0 Å². The number of hydrogen-bond acceptors (Lipinski definition) is 8. The number of rotatable bonds is 6. The molecule has 11 heteroatoms. The van der Waals surface area contributed by atoms with E-state index in [1.54, 1.807) is 0 Å². The second-order valence-corrected chi connectivity index (χ2v) is 12.8. The first-order valence-corrected chi connectivity index (χ1v) is 15.1. The number of amides is 4. The summed E-state index contributed by atoms with van der Waals surface area (Å²) < 4.78 is 3.03. The van der Waals surface area contributed by atoms with Crippen molar-refractivity contribution in [1.82, 2.24) is 0 Å². The van der Waals surface area contributed by atoms with Crippen molar-refractivity contribution in [2.75, 3.05) is 9.80 Å². The zero-order chi connectivity index (χ0) is 27.5. The number of benzene rings is 2. The predicted octanol–water partition coefficient (Wildman–Crippen LogP) is 0.526. The van der Waals surface area contributed by atoms with Crippen molar-refractivity contribution in [3.8, 4) is 0 Å². The molecule has 0 bridgehead atoms. The minimum Gasteiger partial charge on any atom is -0.545 e. The number of carboxylic acids is 2. The molecule has 0 atom stereocenters. The maximum atomic E-state index is 11.3. The van der Waals surface area contributed by atoms with Crippen LogP contribution in [0.1, 0.15) is 34.6 Å². The molecular weight excluding hydrogens is 587 g/mol. The first-order valence-electron chi connectivity index (χ1n) is 11.1.